The summed E-state index contributed by atoms with van der Waals surface area (Å²) in [6, 6.07) is -1.38. The van der Waals surface area contributed by atoms with Crippen LogP contribution in [-0.2, 0) is 28.7 Å². The molecule has 2 fully saturated rings. The molecule has 0 bridgehead atoms. The second-order valence-corrected chi connectivity index (χ2v) is 14.3. The second kappa shape index (κ2) is 21.5. The number of hydrogen-bond acceptors (Lipinski definition) is 9. The number of carbonyl (C=O) groups excluding carboxylic acids is 5. The number of unbranched alkanes of at least 4 members (excludes halogenated alkanes) is 1. The van der Waals surface area contributed by atoms with Gasteiger partial charge in [0.25, 0.3) is 6.02 Å². The first-order chi connectivity index (χ1) is 22.8. The first-order valence-electron chi connectivity index (χ1n) is 17.8. The molecule has 0 aromatic heterocycles. The maximum absolute atomic E-state index is 13.3. The molecule has 2 atom stereocenters. The number of nitrogens with zero attached hydrogens (tertiary/aromatic N) is 1. The topological polar surface area (TPSA) is 202 Å². The highest BCUT2D eigenvalue weighted by molar-refractivity contribution is 5.94. The molecule has 0 radical (unpaired) electrons. The van der Waals surface area contributed by atoms with Crippen LogP contribution in [0.3, 0.4) is 0 Å². The Morgan fingerprint density at radius 1 is 0.812 bits per heavy atom. The number of nitrogens with two attached hydrogens (primary N) is 1. The summed E-state index contributed by atoms with van der Waals surface area (Å²) in [7, 11) is 0. The number of amidine groups is 1. The zero-order chi connectivity index (χ0) is 35.5. The number of esters is 1. The highest BCUT2D eigenvalue weighted by Gasteiger charge is 2.29. The van der Waals surface area contributed by atoms with Crippen molar-refractivity contribution in [1.29, 1.82) is 0 Å². The smallest absolute Gasteiger partial charge is 0.408 e. The van der Waals surface area contributed by atoms with Crippen LogP contribution in [0.4, 0.5) is 4.79 Å². The van der Waals surface area contributed by atoms with Crippen LogP contribution in [0.5, 0.6) is 0 Å². The number of aliphatic imine (C=N–C) groups is 1. The third-order valence-electron chi connectivity index (χ3n) is 8.17. The van der Waals surface area contributed by atoms with Crippen molar-refractivity contribution in [2.45, 2.75) is 154 Å². The van der Waals surface area contributed by atoms with E-state index in [0.717, 1.165) is 51.4 Å². The number of alkyl carbamates (subject to hydrolysis) is 1. The lowest BCUT2D eigenvalue weighted by Gasteiger charge is -2.26. The molecule has 0 aromatic rings. The van der Waals surface area contributed by atoms with Gasteiger partial charge in [-0.3, -0.25) is 14.4 Å². The van der Waals surface area contributed by atoms with Gasteiger partial charge in [-0.25, -0.2) is 14.6 Å². The summed E-state index contributed by atoms with van der Waals surface area (Å²) in [6.45, 7) is 8.60. The molecule has 0 aromatic carbocycles. The lowest BCUT2D eigenvalue weighted by atomic mass is 9.95. The van der Waals surface area contributed by atoms with Crippen LogP contribution in [0.2, 0.25) is 0 Å². The molecule has 0 unspecified atom stereocenters. The Hall–Kier alpha value is -3.42. The van der Waals surface area contributed by atoms with Crippen LogP contribution in [0.15, 0.2) is 4.99 Å². The van der Waals surface area contributed by atoms with E-state index in [1.165, 1.54) is 12.8 Å². The van der Waals surface area contributed by atoms with Gasteiger partial charge in [-0.1, -0.05) is 52.4 Å². The molecule has 48 heavy (non-hydrogen) atoms. The molecule has 7 N–H and O–H groups in total. The molecular weight excluding hydrogens is 618 g/mol. The number of hydrogen-bond donors (Lipinski definition) is 6. The van der Waals surface area contributed by atoms with Crippen molar-refractivity contribution < 1.29 is 33.4 Å². The molecule has 14 nitrogen and oxygen atoms in total. The lowest BCUT2D eigenvalue weighted by molar-refractivity contribution is -0.137. The molecule has 0 saturated heterocycles. The van der Waals surface area contributed by atoms with Crippen molar-refractivity contribution in [2.75, 3.05) is 19.6 Å². The highest BCUT2D eigenvalue weighted by atomic mass is 16.6. The Labute approximate surface area is 286 Å². The minimum Gasteiger partial charge on any atom is -0.444 e. The number of ether oxygens (including phenoxy) is 2. The highest BCUT2D eigenvalue weighted by Crippen LogP contribution is 2.21. The van der Waals surface area contributed by atoms with Gasteiger partial charge in [0.05, 0.1) is 12.6 Å². The van der Waals surface area contributed by atoms with E-state index >= 15 is 0 Å². The quantitative estimate of drug-likeness (QED) is 0.0614. The van der Waals surface area contributed by atoms with Gasteiger partial charge in [-0.05, 0) is 84.6 Å². The summed E-state index contributed by atoms with van der Waals surface area (Å²) in [4.78, 5) is 68.8. The zero-order valence-electron chi connectivity index (χ0n) is 29.8. The SMILES string of the molecule is CC(C)C[C@H](NC(=O)OC(C)(C)C)C(=O)N[C@H](CCCCN)C(=O)NCC(=O)NCC(=O)OC(=NC1CCCCC1)NC1CCCCC1. The molecule has 14 heteroatoms. The van der Waals surface area contributed by atoms with E-state index in [1.807, 2.05) is 13.8 Å². The van der Waals surface area contributed by atoms with Crippen LogP contribution < -0.4 is 32.3 Å². The number of rotatable bonds is 16. The average molecular weight is 680 g/mol. The van der Waals surface area contributed by atoms with Crippen molar-refractivity contribution in [1.82, 2.24) is 26.6 Å². The van der Waals surface area contributed by atoms with Crippen molar-refractivity contribution in [3.63, 3.8) is 0 Å². The molecule has 4 amide bonds. The van der Waals surface area contributed by atoms with E-state index in [-0.39, 0.29) is 30.4 Å². The second-order valence-electron chi connectivity index (χ2n) is 14.3. The van der Waals surface area contributed by atoms with Crippen molar-refractivity contribution in [3.05, 3.63) is 0 Å². The zero-order valence-corrected chi connectivity index (χ0v) is 29.8. The van der Waals surface area contributed by atoms with Crippen LogP contribution in [-0.4, -0.2) is 85.2 Å². The van der Waals surface area contributed by atoms with Gasteiger partial charge in [0.1, 0.15) is 24.2 Å². The van der Waals surface area contributed by atoms with E-state index in [4.69, 9.17) is 20.2 Å². The van der Waals surface area contributed by atoms with Gasteiger partial charge in [-0.2, -0.15) is 0 Å². The molecule has 2 saturated carbocycles. The summed E-state index contributed by atoms with van der Waals surface area (Å²) >= 11 is 0. The first kappa shape index (κ1) is 40.8. The normalized spacial score (nSPS) is 17.5. The summed E-state index contributed by atoms with van der Waals surface area (Å²) in [5.41, 5.74) is 4.88. The Morgan fingerprint density at radius 3 is 2.06 bits per heavy atom. The predicted molar refractivity (Wildman–Crippen MR) is 184 cm³/mol. The van der Waals surface area contributed by atoms with Gasteiger partial charge in [0.15, 0.2) is 0 Å². The minimum absolute atomic E-state index is 0.0632. The molecule has 0 aliphatic heterocycles. The fraction of sp³-hybridized carbons (Fsp3) is 0.824. The van der Waals surface area contributed by atoms with Gasteiger partial charge < -0.3 is 41.8 Å². The fourth-order valence-corrected chi connectivity index (χ4v) is 5.75. The van der Waals surface area contributed by atoms with Gasteiger partial charge in [-0.15, -0.1) is 0 Å². The van der Waals surface area contributed by atoms with Crippen molar-refractivity contribution in [3.8, 4) is 0 Å². The van der Waals surface area contributed by atoms with Gasteiger partial charge in [0, 0.05) is 6.04 Å². The Kier molecular flexibility index (Phi) is 18.3. The molecule has 2 aliphatic rings. The van der Waals surface area contributed by atoms with Gasteiger partial charge in [0.2, 0.25) is 17.7 Å². The lowest BCUT2D eigenvalue weighted by Crippen LogP contribution is -2.55. The van der Waals surface area contributed by atoms with E-state index in [0.29, 0.717) is 25.8 Å². The number of nitrogens with one attached hydrogen (secondary N) is 5. The Balaban J connectivity index is 1.93. The van der Waals surface area contributed by atoms with E-state index < -0.39 is 60.6 Å². The van der Waals surface area contributed by atoms with Crippen LogP contribution in [0.1, 0.15) is 125 Å². The van der Waals surface area contributed by atoms with E-state index in [1.54, 1.807) is 20.8 Å². The molecule has 2 rings (SSSR count). The number of carbonyl (C=O) groups is 5. The Morgan fingerprint density at radius 2 is 1.46 bits per heavy atom. The fourth-order valence-electron chi connectivity index (χ4n) is 5.75. The van der Waals surface area contributed by atoms with Gasteiger partial charge >= 0.3 is 12.1 Å². The maximum atomic E-state index is 13.3. The number of amides is 4. The third-order valence-corrected chi connectivity index (χ3v) is 8.17. The summed E-state index contributed by atoms with van der Waals surface area (Å²) < 4.78 is 10.9. The largest absolute Gasteiger partial charge is 0.444 e. The Bertz CT molecular complexity index is 1060. The van der Waals surface area contributed by atoms with E-state index in [2.05, 4.69) is 26.6 Å². The molecule has 2 aliphatic carbocycles. The maximum Gasteiger partial charge on any atom is 0.408 e. The van der Waals surface area contributed by atoms with Crippen molar-refractivity contribution in [2.24, 2.45) is 16.6 Å². The monoisotopic (exact) mass is 679 g/mol. The summed E-state index contributed by atoms with van der Waals surface area (Å²) in [5, 5.41) is 13.7. The van der Waals surface area contributed by atoms with Crippen molar-refractivity contribution >= 4 is 35.8 Å². The van der Waals surface area contributed by atoms with Crippen LogP contribution >= 0.6 is 0 Å². The molecule has 0 heterocycles. The summed E-state index contributed by atoms with van der Waals surface area (Å²) in [5.74, 6) is -2.30. The van der Waals surface area contributed by atoms with Crippen LogP contribution in [0, 0.1) is 5.92 Å². The van der Waals surface area contributed by atoms with Crippen LogP contribution in [0.25, 0.3) is 0 Å². The minimum atomic E-state index is -0.971. The summed E-state index contributed by atoms with van der Waals surface area (Å²) in [6.07, 6.45) is 11.7. The first-order valence-corrected chi connectivity index (χ1v) is 17.8. The molecule has 274 valence electrons. The predicted octanol–water partition coefficient (Wildman–Crippen LogP) is 2.93. The van der Waals surface area contributed by atoms with E-state index in [9.17, 15) is 24.0 Å². The molecular formula is C34H61N7O7. The average Bonchev–Trinajstić information content (AvgIpc) is 3.01. The standard InChI is InChI=1S/C34H61N7O7/c1-23(2)20-27(41-33(46)48-34(3,4)5)31(45)40-26(18-12-13-19-35)30(44)37-21-28(42)36-22-29(43)47-32(38-24-14-8-6-9-15-24)39-25-16-10-7-11-17-25/h23-27H,6-22,35H2,1-5H3,(H,36,42)(H,37,44)(H,38,39)(H,40,45)(H,41,46)/t26-,27+/m1/s1. The molecule has 0 spiro atoms. The third kappa shape index (κ3) is 17.7.